The lowest BCUT2D eigenvalue weighted by molar-refractivity contribution is 0.101. The van der Waals surface area contributed by atoms with Crippen LogP contribution in [-0.2, 0) is 13.2 Å². The van der Waals surface area contributed by atoms with Crippen LogP contribution in [0.5, 0.6) is 0 Å². The number of hydrogen-bond acceptors (Lipinski definition) is 6. The lowest BCUT2D eigenvalue weighted by Gasteiger charge is -1.92. The topological polar surface area (TPSA) is 74.6 Å². The number of carbonyl (C=O) groups excluding carboxylic acids is 2. The standard InChI is InChI=1S/2C7H8O2S/c2*1-5(9)7-6(4-8)2-3-10-7/h2*2-3,8H,4H2,1H3. The van der Waals surface area contributed by atoms with Crippen LogP contribution in [0.1, 0.15) is 44.3 Å². The lowest BCUT2D eigenvalue weighted by Crippen LogP contribution is -1.92. The molecule has 0 amide bonds. The quantitative estimate of drug-likeness (QED) is 0.851. The second-order valence-electron chi connectivity index (χ2n) is 3.98. The van der Waals surface area contributed by atoms with Crippen LogP contribution in [0.15, 0.2) is 22.9 Å². The Morgan fingerprint density at radius 1 is 0.900 bits per heavy atom. The number of Topliss-reactive ketones (excluding diaryl/α,β-unsaturated/α-hetero) is 2. The van der Waals surface area contributed by atoms with Crippen LogP contribution in [0.2, 0.25) is 0 Å². The highest BCUT2D eigenvalue weighted by Crippen LogP contribution is 2.17. The van der Waals surface area contributed by atoms with Crippen LogP contribution in [0.3, 0.4) is 0 Å². The third kappa shape index (κ3) is 4.35. The average Bonchev–Trinajstić information content (AvgIpc) is 3.07. The summed E-state index contributed by atoms with van der Waals surface area (Å²) in [4.78, 5) is 22.9. The summed E-state index contributed by atoms with van der Waals surface area (Å²) in [6.45, 7) is 2.92. The molecule has 0 aliphatic heterocycles. The van der Waals surface area contributed by atoms with Crippen molar-refractivity contribution in [1.82, 2.24) is 0 Å². The first-order chi connectivity index (χ1) is 9.51. The Balaban J connectivity index is 0.000000200. The molecule has 2 heterocycles. The molecule has 0 aliphatic carbocycles. The molecule has 0 spiro atoms. The lowest BCUT2D eigenvalue weighted by atomic mass is 10.2. The molecular formula is C14H16O4S2. The highest BCUT2D eigenvalue weighted by atomic mass is 32.1. The summed E-state index contributed by atoms with van der Waals surface area (Å²) >= 11 is 2.75. The monoisotopic (exact) mass is 312 g/mol. The molecule has 0 aliphatic rings. The first-order valence-electron chi connectivity index (χ1n) is 5.87. The number of thiophene rings is 2. The average molecular weight is 312 g/mol. The molecular weight excluding hydrogens is 296 g/mol. The van der Waals surface area contributed by atoms with Crippen molar-refractivity contribution in [3.05, 3.63) is 43.8 Å². The Kier molecular flexibility index (Phi) is 6.74. The van der Waals surface area contributed by atoms with Crippen LogP contribution in [0, 0.1) is 0 Å². The van der Waals surface area contributed by atoms with Crippen LogP contribution < -0.4 is 0 Å². The summed E-state index contributed by atoms with van der Waals surface area (Å²) in [7, 11) is 0. The minimum Gasteiger partial charge on any atom is -0.392 e. The van der Waals surface area contributed by atoms with Gasteiger partial charge in [0.05, 0.1) is 23.0 Å². The van der Waals surface area contributed by atoms with Gasteiger partial charge in [0.2, 0.25) is 0 Å². The zero-order valence-corrected chi connectivity index (χ0v) is 12.9. The van der Waals surface area contributed by atoms with E-state index in [-0.39, 0.29) is 24.8 Å². The van der Waals surface area contributed by atoms with Gasteiger partial charge in [-0.3, -0.25) is 9.59 Å². The number of rotatable bonds is 4. The normalized spacial score (nSPS) is 9.80. The number of carbonyl (C=O) groups is 2. The molecule has 0 radical (unpaired) electrons. The van der Waals surface area contributed by atoms with E-state index in [1.165, 1.54) is 36.5 Å². The van der Waals surface area contributed by atoms with Gasteiger partial charge in [0.1, 0.15) is 0 Å². The third-order valence-electron chi connectivity index (χ3n) is 2.47. The summed E-state index contributed by atoms with van der Waals surface area (Å²) in [6, 6.07) is 3.53. The van der Waals surface area contributed by atoms with Crippen LogP contribution in [0.25, 0.3) is 0 Å². The maximum absolute atomic E-state index is 10.8. The van der Waals surface area contributed by atoms with Crippen molar-refractivity contribution in [2.45, 2.75) is 27.1 Å². The molecule has 2 aromatic heterocycles. The second-order valence-corrected chi connectivity index (χ2v) is 5.81. The zero-order valence-electron chi connectivity index (χ0n) is 11.3. The first kappa shape index (κ1) is 16.7. The Morgan fingerprint density at radius 3 is 1.45 bits per heavy atom. The van der Waals surface area contributed by atoms with Gasteiger partial charge in [-0.2, -0.15) is 0 Å². The van der Waals surface area contributed by atoms with E-state index < -0.39 is 0 Å². The molecule has 0 fully saturated rings. The molecule has 0 bridgehead atoms. The van der Waals surface area contributed by atoms with Crippen molar-refractivity contribution < 1.29 is 19.8 Å². The van der Waals surface area contributed by atoms with Crippen molar-refractivity contribution in [1.29, 1.82) is 0 Å². The molecule has 2 aromatic rings. The van der Waals surface area contributed by atoms with E-state index in [1.54, 1.807) is 12.1 Å². The smallest absolute Gasteiger partial charge is 0.170 e. The van der Waals surface area contributed by atoms with Gasteiger partial charge in [-0.05, 0) is 47.9 Å². The molecule has 0 saturated carbocycles. The van der Waals surface area contributed by atoms with Crippen molar-refractivity contribution in [2.75, 3.05) is 0 Å². The van der Waals surface area contributed by atoms with Crippen LogP contribution >= 0.6 is 22.7 Å². The van der Waals surface area contributed by atoms with E-state index >= 15 is 0 Å². The molecule has 0 unspecified atom stereocenters. The molecule has 108 valence electrons. The predicted octanol–water partition coefficient (Wildman–Crippen LogP) is 2.89. The van der Waals surface area contributed by atoms with E-state index in [0.29, 0.717) is 9.75 Å². The highest BCUT2D eigenvalue weighted by Gasteiger charge is 2.06. The largest absolute Gasteiger partial charge is 0.392 e. The molecule has 6 heteroatoms. The van der Waals surface area contributed by atoms with E-state index in [9.17, 15) is 9.59 Å². The molecule has 0 saturated heterocycles. The molecule has 2 rings (SSSR count). The Labute approximate surface area is 125 Å². The fourth-order valence-electron chi connectivity index (χ4n) is 1.54. The number of hydrogen-bond donors (Lipinski definition) is 2. The minimum absolute atomic E-state index is 0.0269. The minimum atomic E-state index is -0.0432. The van der Waals surface area contributed by atoms with Gasteiger partial charge >= 0.3 is 0 Å². The summed E-state index contributed by atoms with van der Waals surface area (Å²) in [5, 5.41) is 21.0. The first-order valence-corrected chi connectivity index (χ1v) is 7.63. The van der Waals surface area contributed by atoms with Gasteiger partial charge in [0, 0.05) is 0 Å². The number of aliphatic hydroxyl groups excluding tert-OH is 2. The van der Waals surface area contributed by atoms with Crippen molar-refractivity contribution in [3.8, 4) is 0 Å². The number of ketones is 2. The molecule has 0 atom stereocenters. The van der Waals surface area contributed by atoms with E-state index in [0.717, 1.165) is 11.1 Å². The summed E-state index contributed by atoms with van der Waals surface area (Å²) < 4.78 is 0. The molecule has 2 N–H and O–H groups in total. The Bertz CT molecular complexity index is 531. The molecule has 0 aromatic carbocycles. The van der Waals surface area contributed by atoms with Crippen molar-refractivity contribution in [3.63, 3.8) is 0 Å². The predicted molar refractivity (Wildman–Crippen MR) is 80.5 cm³/mol. The summed E-state index contributed by atoms with van der Waals surface area (Å²) in [6.07, 6.45) is 0. The maximum atomic E-state index is 10.8. The highest BCUT2D eigenvalue weighted by molar-refractivity contribution is 7.12. The van der Waals surface area contributed by atoms with E-state index in [1.807, 2.05) is 10.8 Å². The third-order valence-corrected chi connectivity index (χ3v) is 4.59. The van der Waals surface area contributed by atoms with Gasteiger partial charge in [0.25, 0.3) is 0 Å². The Morgan fingerprint density at radius 2 is 1.25 bits per heavy atom. The van der Waals surface area contributed by atoms with Crippen LogP contribution in [-0.4, -0.2) is 21.8 Å². The fraction of sp³-hybridized carbons (Fsp3) is 0.286. The summed E-state index contributed by atoms with van der Waals surface area (Å²) in [5.74, 6) is 0.0538. The van der Waals surface area contributed by atoms with E-state index in [2.05, 4.69) is 0 Å². The van der Waals surface area contributed by atoms with Gasteiger partial charge < -0.3 is 10.2 Å². The fourth-order valence-corrected chi connectivity index (χ4v) is 3.17. The number of aliphatic hydroxyl groups is 2. The van der Waals surface area contributed by atoms with E-state index in [4.69, 9.17) is 10.2 Å². The Hall–Kier alpha value is -1.34. The van der Waals surface area contributed by atoms with Gasteiger partial charge in [-0.25, -0.2) is 0 Å². The molecule has 20 heavy (non-hydrogen) atoms. The molecule has 4 nitrogen and oxygen atoms in total. The van der Waals surface area contributed by atoms with Crippen LogP contribution in [0.4, 0.5) is 0 Å². The maximum Gasteiger partial charge on any atom is 0.170 e. The second kappa shape index (κ2) is 8.06. The van der Waals surface area contributed by atoms with Crippen molar-refractivity contribution in [2.24, 2.45) is 0 Å². The zero-order chi connectivity index (χ0) is 15.1. The van der Waals surface area contributed by atoms with Gasteiger partial charge in [-0.15, -0.1) is 22.7 Å². The summed E-state index contributed by atoms with van der Waals surface area (Å²) in [5.41, 5.74) is 1.47. The van der Waals surface area contributed by atoms with Gasteiger partial charge in [0.15, 0.2) is 11.6 Å². The van der Waals surface area contributed by atoms with Crippen molar-refractivity contribution >= 4 is 34.2 Å². The SMILES string of the molecule is CC(=O)c1sccc1CO.CC(=O)c1sccc1CO. The van der Waals surface area contributed by atoms with Gasteiger partial charge in [-0.1, -0.05) is 0 Å².